The maximum absolute atomic E-state index is 11.7. The van der Waals surface area contributed by atoms with Crippen molar-refractivity contribution in [2.75, 3.05) is 6.54 Å². The highest BCUT2D eigenvalue weighted by Crippen LogP contribution is 2.17. The average Bonchev–Trinajstić information content (AvgIpc) is 2.24. The number of rotatable bonds is 4. The summed E-state index contributed by atoms with van der Waals surface area (Å²) < 4.78 is 0. The van der Waals surface area contributed by atoms with Gasteiger partial charge in [0, 0.05) is 17.8 Å². The largest absolute Gasteiger partial charge is 0.349 e. The lowest BCUT2D eigenvalue weighted by Gasteiger charge is -2.08. The highest BCUT2D eigenvalue weighted by molar-refractivity contribution is 6.29. The second kappa shape index (κ2) is 5.66. The van der Waals surface area contributed by atoms with Crippen LogP contribution >= 0.6 is 11.6 Å². The number of pyridine rings is 1. The highest BCUT2D eigenvalue weighted by atomic mass is 35.5. The number of amides is 1. The van der Waals surface area contributed by atoms with Gasteiger partial charge in [-0.2, -0.15) is 0 Å². The van der Waals surface area contributed by atoms with Crippen molar-refractivity contribution in [2.45, 2.75) is 19.8 Å². The van der Waals surface area contributed by atoms with Crippen LogP contribution < -0.4 is 5.32 Å². The second-order valence-corrected chi connectivity index (χ2v) is 4.14. The van der Waals surface area contributed by atoms with Crippen molar-refractivity contribution < 1.29 is 4.79 Å². The number of aromatic nitrogens is 1. The Morgan fingerprint density at radius 1 is 1.62 bits per heavy atom. The number of nitrogens with zero attached hydrogens (tertiary/aromatic N) is 1. The molecular formula is C12H15ClN2O. The predicted octanol–water partition coefficient (Wildman–Crippen LogP) is 2.77. The van der Waals surface area contributed by atoms with Gasteiger partial charge >= 0.3 is 0 Å². The molecule has 1 amide bonds. The van der Waals surface area contributed by atoms with E-state index in [-0.39, 0.29) is 11.8 Å². The minimum Gasteiger partial charge on any atom is -0.349 e. The highest BCUT2D eigenvalue weighted by Gasteiger charge is 2.10. The molecule has 86 valence electrons. The van der Waals surface area contributed by atoms with E-state index in [0.717, 1.165) is 5.69 Å². The van der Waals surface area contributed by atoms with Crippen molar-refractivity contribution >= 4 is 17.5 Å². The molecule has 0 aromatic carbocycles. The molecule has 0 spiro atoms. The normalized spacial score (nSPS) is 10.2. The number of hydrogen-bond acceptors (Lipinski definition) is 2. The Morgan fingerprint density at radius 3 is 2.88 bits per heavy atom. The van der Waals surface area contributed by atoms with Crippen LogP contribution in [-0.4, -0.2) is 17.4 Å². The molecule has 0 aliphatic rings. The van der Waals surface area contributed by atoms with E-state index in [2.05, 4.69) is 16.9 Å². The zero-order valence-electron chi connectivity index (χ0n) is 9.46. The third-order valence-corrected chi connectivity index (χ3v) is 2.27. The Bertz CT molecular complexity index is 402. The number of nitrogens with one attached hydrogen (secondary N) is 1. The van der Waals surface area contributed by atoms with Gasteiger partial charge in [-0.05, 0) is 18.1 Å². The van der Waals surface area contributed by atoms with Crippen molar-refractivity contribution in [1.82, 2.24) is 10.3 Å². The van der Waals surface area contributed by atoms with E-state index in [1.165, 1.54) is 0 Å². The van der Waals surface area contributed by atoms with Gasteiger partial charge in [-0.25, -0.2) is 4.98 Å². The smallest absolute Gasteiger partial charge is 0.251 e. The Kier molecular flexibility index (Phi) is 4.50. The minimum absolute atomic E-state index is 0.161. The molecule has 1 rings (SSSR count). The first-order chi connectivity index (χ1) is 7.54. The summed E-state index contributed by atoms with van der Waals surface area (Å²) in [5.41, 5.74) is 1.35. The van der Waals surface area contributed by atoms with Crippen LogP contribution in [0.15, 0.2) is 24.8 Å². The summed E-state index contributed by atoms with van der Waals surface area (Å²) in [7, 11) is 0. The average molecular weight is 239 g/mol. The van der Waals surface area contributed by atoms with Crippen LogP contribution in [0.3, 0.4) is 0 Å². The fourth-order valence-electron chi connectivity index (χ4n) is 1.21. The topological polar surface area (TPSA) is 42.0 Å². The Morgan fingerprint density at radius 2 is 2.31 bits per heavy atom. The minimum atomic E-state index is -0.161. The maximum Gasteiger partial charge on any atom is 0.251 e. The summed E-state index contributed by atoms with van der Waals surface area (Å²) in [6.07, 6.45) is 1.63. The zero-order valence-corrected chi connectivity index (χ0v) is 10.2. The van der Waals surface area contributed by atoms with Crippen molar-refractivity contribution in [3.05, 3.63) is 41.2 Å². The van der Waals surface area contributed by atoms with Crippen molar-refractivity contribution in [2.24, 2.45) is 0 Å². The second-order valence-electron chi connectivity index (χ2n) is 3.76. The lowest BCUT2D eigenvalue weighted by atomic mass is 10.1. The van der Waals surface area contributed by atoms with Gasteiger partial charge in [-0.1, -0.05) is 31.5 Å². The van der Waals surface area contributed by atoms with Crippen LogP contribution in [0.25, 0.3) is 0 Å². The van der Waals surface area contributed by atoms with Gasteiger partial charge in [0.25, 0.3) is 5.91 Å². The third kappa shape index (κ3) is 3.35. The Hall–Kier alpha value is -1.35. The fraction of sp³-hybridized carbons (Fsp3) is 0.333. The maximum atomic E-state index is 11.7. The molecule has 0 radical (unpaired) electrons. The molecule has 1 N–H and O–H groups in total. The van der Waals surface area contributed by atoms with Gasteiger partial charge in [0.05, 0.1) is 0 Å². The SMILES string of the molecule is C=CCNC(=O)c1cc(Cl)nc(C(C)C)c1. The molecule has 1 aromatic heterocycles. The van der Waals surface area contributed by atoms with Gasteiger partial charge in [-0.3, -0.25) is 4.79 Å². The summed E-state index contributed by atoms with van der Waals surface area (Å²) in [5.74, 6) is 0.0794. The summed E-state index contributed by atoms with van der Waals surface area (Å²) in [6, 6.07) is 3.32. The summed E-state index contributed by atoms with van der Waals surface area (Å²) in [4.78, 5) is 15.8. The molecule has 0 bridgehead atoms. The van der Waals surface area contributed by atoms with Crippen LogP contribution in [0.4, 0.5) is 0 Å². The third-order valence-electron chi connectivity index (χ3n) is 2.07. The first-order valence-electron chi connectivity index (χ1n) is 5.11. The standard InChI is InChI=1S/C12H15ClN2O/c1-4-5-14-12(16)9-6-10(8(2)3)15-11(13)7-9/h4,6-8H,1,5H2,2-3H3,(H,14,16). The van der Waals surface area contributed by atoms with Crippen LogP contribution in [0.2, 0.25) is 5.15 Å². The Labute approximate surface area is 101 Å². The van der Waals surface area contributed by atoms with Gasteiger partial charge < -0.3 is 5.32 Å². The van der Waals surface area contributed by atoms with Crippen LogP contribution in [0.1, 0.15) is 35.8 Å². The fourth-order valence-corrected chi connectivity index (χ4v) is 1.43. The monoisotopic (exact) mass is 238 g/mol. The number of carbonyl (C=O) groups is 1. The molecule has 0 saturated carbocycles. The predicted molar refractivity (Wildman–Crippen MR) is 65.9 cm³/mol. The van der Waals surface area contributed by atoms with Gasteiger partial charge in [0.2, 0.25) is 0 Å². The van der Waals surface area contributed by atoms with Gasteiger partial charge in [0.1, 0.15) is 5.15 Å². The molecule has 3 nitrogen and oxygen atoms in total. The zero-order chi connectivity index (χ0) is 12.1. The van der Waals surface area contributed by atoms with Crippen molar-refractivity contribution in [3.8, 4) is 0 Å². The molecular weight excluding hydrogens is 224 g/mol. The van der Waals surface area contributed by atoms with E-state index in [1.807, 2.05) is 13.8 Å². The van der Waals surface area contributed by atoms with E-state index in [4.69, 9.17) is 11.6 Å². The number of hydrogen-bond donors (Lipinski definition) is 1. The summed E-state index contributed by atoms with van der Waals surface area (Å²) in [5, 5.41) is 3.04. The lowest BCUT2D eigenvalue weighted by Crippen LogP contribution is -2.23. The summed E-state index contributed by atoms with van der Waals surface area (Å²) >= 11 is 5.86. The van der Waals surface area contributed by atoms with E-state index in [1.54, 1.807) is 18.2 Å². The van der Waals surface area contributed by atoms with Crippen molar-refractivity contribution in [1.29, 1.82) is 0 Å². The molecule has 0 aliphatic carbocycles. The van der Waals surface area contributed by atoms with E-state index in [0.29, 0.717) is 17.3 Å². The molecule has 4 heteroatoms. The molecule has 0 atom stereocenters. The van der Waals surface area contributed by atoms with Crippen LogP contribution in [-0.2, 0) is 0 Å². The molecule has 0 fully saturated rings. The van der Waals surface area contributed by atoms with E-state index in [9.17, 15) is 4.79 Å². The quantitative estimate of drug-likeness (QED) is 0.648. The number of carbonyl (C=O) groups excluding carboxylic acids is 1. The molecule has 16 heavy (non-hydrogen) atoms. The Balaban J connectivity index is 2.95. The molecule has 0 aliphatic heterocycles. The lowest BCUT2D eigenvalue weighted by molar-refractivity contribution is 0.0958. The molecule has 0 saturated heterocycles. The van der Waals surface area contributed by atoms with Crippen molar-refractivity contribution in [3.63, 3.8) is 0 Å². The van der Waals surface area contributed by atoms with E-state index >= 15 is 0 Å². The number of halogens is 1. The first kappa shape index (κ1) is 12.7. The first-order valence-corrected chi connectivity index (χ1v) is 5.49. The molecule has 1 heterocycles. The molecule has 1 aromatic rings. The van der Waals surface area contributed by atoms with Crippen LogP contribution in [0.5, 0.6) is 0 Å². The van der Waals surface area contributed by atoms with Gasteiger partial charge in [0.15, 0.2) is 0 Å². The van der Waals surface area contributed by atoms with Gasteiger partial charge in [-0.15, -0.1) is 6.58 Å². The summed E-state index contributed by atoms with van der Waals surface area (Å²) in [6.45, 7) is 7.98. The molecule has 0 unspecified atom stereocenters. The van der Waals surface area contributed by atoms with Crippen LogP contribution in [0, 0.1) is 0 Å². The van der Waals surface area contributed by atoms with E-state index < -0.39 is 0 Å².